The monoisotopic (exact) mass is 347 g/mol. The van der Waals surface area contributed by atoms with Crippen LogP contribution in [0, 0.1) is 11.3 Å². The molecular formula is C20H21N5O. The fraction of sp³-hybridized carbons (Fsp3) is 0.350. The molecule has 2 aromatic heterocycles. The van der Waals surface area contributed by atoms with Gasteiger partial charge in [0, 0.05) is 42.4 Å². The van der Waals surface area contributed by atoms with Gasteiger partial charge in [0.1, 0.15) is 5.82 Å². The van der Waals surface area contributed by atoms with E-state index in [1.807, 2.05) is 24.5 Å². The second-order valence-electron chi connectivity index (χ2n) is 7.89. The van der Waals surface area contributed by atoms with Gasteiger partial charge in [0.25, 0.3) is 0 Å². The molecule has 6 nitrogen and oxygen atoms in total. The molecule has 3 heterocycles. The summed E-state index contributed by atoms with van der Waals surface area (Å²) in [5, 5.41) is 11.9. The van der Waals surface area contributed by atoms with Gasteiger partial charge in [-0.25, -0.2) is 4.98 Å². The van der Waals surface area contributed by atoms with E-state index in [9.17, 15) is 4.79 Å². The third-order valence-corrected chi connectivity index (χ3v) is 5.74. The van der Waals surface area contributed by atoms with E-state index in [0.29, 0.717) is 11.2 Å². The van der Waals surface area contributed by atoms with Crippen molar-refractivity contribution in [2.75, 3.05) is 25.5 Å². The lowest BCUT2D eigenvalue weighted by molar-refractivity contribution is -0.137. The summed E-state index contributed by atoms with van der Waals surface area (Å²) in [6.45, 7) is 2.25. The van der Waals surface area contributed by atoms with E-state index in [1.54, 1.807) is 6.20 Å². The van der Waals surface area contributed by atoms with Crippen molar-refractivity contribution in [1.82, 2.24) is 20.1 Å². The van der Waals surface area contributed by atoms with Gasteiger partial charge in [-0.15, -0.1) is 0 Å². The molecule has 1 aliphatic carbocycles. The smallest absolute Gasteiger partial charge is 0.228 e. The van der Waals surface area contributed by atoms with Crippen LogP contribution < -0.4 is 5.32 Å². The Morgan fingerprint density at radius 1 is 1.19 bits per heavy atom. The Bertz CT molecular complexity index is 967. The van der Waals surface area contributed by atoms with E-state index in [1.165, 1.54) is 0 Å². The molecule has 0 unspecified atom stereocenters. The molecule has 1 aromatic carbocycles. The summed E-state index contributed by atoms with van der Waals surface area (Å²) >= 11 is 0. The normalized spacial score (nSPS) is 19.3. The zero-order valence-corrected chi connectivity index (χ0v) is 14.7. The lowest BCUT2D eigenvalue weighted by Crippen LogP contribution is -2.62. The summed E-state index contributed by atoms with van der Waals surface area (Å²) in [4.78, 5) is 19.2. The van der Waals surface area contributed by atoms with Crippen LogP contribution in [0.2, 0.25) is 0 Å². The number of fused-ring (bicyclic) bond motifs is 1. The highest BCUT2D eigenvalue weighted by Gasteiger charge is 2.53. The summed E-state index contributed by atoms with van der Waals surface area (Å²) in [6.07, 6.45) is 7.49. The molecule has 1 amide bonds. The molecule has 0 atom stereocenters. The zero-order valence-electron chi connectivity index (χ0n) is 14.7. The van der Waals surface area contributed by atoms with Crippen molar-refractivity contribution in [2.24, 2.45) is 11.3 Å². The number of amides is 1. The molecule has 1 saturated carbocycles. The number of aromatic nitrogens is 3. The Balaban J connectivity index is 1.32. The largest absolute Gasteiger partial charge is 0.310 e. The number of rotatable bonds is 3. The van der Waals surface area contributed by atoms with Crippen LogP contribution in [0.3, 0.4) is 0 Å². The molecule has 3 aromatic rings. The minimum atomic E-state index is 0.100. The van der Waals surface area contributed by atoms with Gasteiger partial charge in [-0.3, -0.25) is 9.89 Å². The first-order chi connectivity index (χ1) is 12.6. The Morgan fingerprint density at radius 3 is 2.77 bits per heavy atom. The average Bonchev–Trinajstić information content (AvgIpc) is 3.10. The van der Waals surface area contributed by atoms with Crippen molar-refractivity contribution in [3.63, 3.8) is 0 Å². The zero-order chi connectivity index (χ0) is 17.7. The van der Waals surface area contributed by atoms with Crippen molar-refractivity contribution >= 4 is 22.5 Å². The Kier molecular flexibility index (Phi) is 3.37. The second-order valence-corrected chi connectivity index (χ2v) is 7.89. The van der Waals surface area contributed by atoms with Gasteiger partial charge in [-0.05, 0) is 48.4 Å². The van der Waals surface area contributed by atoms with Crippen molar-refractivity contribution in [2.45, 2.75) is 12.8 Å². The lowest BCUT2D eigenvalue weighted by atomic mass is 9.57. The average molecular weight is 347 g/mol. The van der Waals surface area contributed by atoms with Crippen LogP contribution >= 0.6 is 0 Å². The van der Waals surface area contributed by atoms with Crippen LogP contribution in [0.4, 0.5) is 5.82 Å². The van der Waals surface area contributed by atoms with Crippen LogP contribution in [0.1, 0.15) is 12.8 Å². The summed E-state index contributed by atoms with van der Waals surface area (Å²) in [5.74, 6) is 0.847. The van der Waals surface area contributed by atoms with Crippen LogP contribution in [0.5, 0.6) is 0 Å². The number of nitrogens with one attached hydrogen (secondary N) is 2. The number of anilines is 1. The van der Waals surface area contributed by atoms with Crippen molar-refractivity contribution in [1.29, 1.82) is 0 Å². The molecule has 26 heavy (non-hydrogen) atoms. The molecule has 1 spiro atoms. The van der Waals surface area contributed by atoms with Crippen molar-refractivity contribution < 1.29 is 4.79 Å². The van der Waals surface area contributed by atoms with Gasteiger partial charge in [-0.1, -0.05) is 12.1 Å². The fourth-order valence-corrected chi connectivity index (χ4v) is 4.55. The van der Waals surface area contributed by atoms with Crippen LogP contribution in [0.15, 0.2) is 42.9 Å². The predicted molar refractivity (Wildman–Crippen MR) is 101 cm³/mol. The van der Waals surface area contributed by atoms with Crippen molar-refractivity contribution in [3.05, 3.63) is 42.9 Å². The minimum Gasteiger partial charge on any atom is -0.310 e. The fourth-order valence-electron chi connectivity index (χ4n) is 4.55. The van der Waals surface area contributed by atoms with Gasteiger partial charge in [-0.2, -0.15) is 5.10 Å². The highest BCUT2D eigenvalue weighted by atomic mass is 16.2. The standard InChI is InChI=1S/C20H21N5O/c1-25-11-20(12-25)6-16(7-20)19(26)24-18-5-15-4-13(17-9-22-23-10-17)2-3-14(15)8-21-18/h2-5,8-10,16H,6-7,11-12H2,1H3,(H,22,23)(H,21,24,26). The molecule has 0 radical (unpaired) electrons. The number of carbonyl (C=O) groups excluding carboxylic acids is 1. The van der Waals surface area contributed by atoms with Crippen molar-refractivity contribution in [3.8, 4) is 11.1 Å². The quantitative estimate of drug-likeness (QED) is 0.764. The maximum atomic E-state index is 12.5. The third kappa shape index (κ3) is 2.57. The van der Waals surface area contributed by atoms with Gasteiger partial charge in [0.15, 0.2) is 0 Å². The highest BCUT2D eigenvalue weighted by Crippen LogP contribution is 2.51. The Labute approximate surface area is 151 Å². The number of nitrogens with zero attached hydrogens (tertiary/aromatic N) is 3. The summed E-state index contributed by atoms with van der Waals surface area (Å²) in [6, 6.07) is 8.14. The maximum Gasteiger partial charge on any atom is 0.228 e. The van der Waals surface area contributed by atoms with E-state index in [2.05, 4.69) is 44.6 Å². The van der Waals surface area contributed by atoms with Crippen LogP contribution in [0.25, 0.3) is 21.9 Å². The molecule has 0 bridgehead atoms. The second kappa shape index (κ2) is 5.64. The first-order valence-electron chi connectivity index (χ1n) is 8.99. The molecule has 132 valence electrons. The predicted octanol–water partition coefficient (Wildman–Crippen LogP) is 2.91. The van der Waals surface area contributed by atoms with Crippen LogP contribution in [-0.4, -0.2) is 46.1 Å². The minimum absolute atomic E-state index is 0.100. The molecule has 6 heteroatoms. The third-order valence-electron chi connectivity index (χ3n) is 5.74. The molecule has 5 rings (SSSR count). The van der Waals surface area contributed by atoms with E-state index < -0.39 is 0 Å². The SMILES string of the molecule is CN1CC2(CC(C(=O)Nc3cc4cc(-c5cn[nH]c5)ccc4cn3)C2)C1. The Morgan fingerprint density at radius 2 is 2.04 bits per heavy atom. The van der Waals surface area contributed by atoms with Gasteiger partial charge >= 0.3 is 0 Å². The molecule has 1 saturated heterocycles. The van der Waals surface area contributed by atoms with E-state index in [0.717, 1.165) is 47.8 Å². The molecule has 1 aliphatic heterocycles. The van der Waals surface area contributed by atoms with E-state index >= 15 is 0 Å². The number of hydrogen-bond donors (Lipinski definition) is 2. The van der Waals surface area contributed by atoms with E-state index in [-0.39, 0.29) is 11.8 Å². The maximum absolute atomic E-state index is 12.5. The lowest BCUT2D eigenvalue weighted by Gasteiger charge is -2.57. The number of likely N-dealkylation sites (tertiary alicyclic amines) is 1. The summed E-state index contributed by atoms with van der Waals surface area (Å²) in [5.41, 5.74) is 2.54. The number of aromatic amines is 1. The van der Waals surface area contributed by atoms with Gasteiger partial charge < -0.3 is 10.2 Å². The number of carbonyl (C=O) groups is 1. The number of benzene rings is 1. The number of hydrogen-bond acceptors (Lipinski definition) is 4. The molecular weight excluding hydrogens is 326 g/mol. The first kappa shape index (κ1) is 15.5. The van der Waals surface area contributed by atoms with E-state index in [4.69, 9.17) is 0 Å². The molecule has 2 fully saturated rings. The number of H-pyrrole nitrogens is 1. The molecule has 2 N–H and O–H groups in total. The van der Waals surface area contributed by atoms with Gasteiger partial charge in [0.05, 0.1) is 6.20 Å². The molecule has 2 aliphatic rings. The van der Waals surface area contributed by atoms with Crippen LogP contribution in [-0.2, 0) is 4.79 Å². The Hall–Kier alpha value is -2.73. The number of pyridine rings is 1. The highest BCUT2D eigenvalue weighted by molar-refractivity contribution is 5.95. The summed E-state index contributed by atoms with van der Waals surface area (Å²) in [7, 11) is 2.13. The first-order valence-corrected chi connectivity index (χ1v) is 8.99. The van der Waals surface area contributed by atoms with Gasteiger partial charge in [0.2, 0.25) is 5.91 Å². The topological polar surface area (TPSA) is 73.9 Å². The summed E-state index contributed by atoms with van der Waals surface area (Å²) < 4.78 is 0.